The molecule has 1 aromatic carbocycles. The van der Waals surface area contributed by atoms with Crippen LogP contribution in [-0.2, 0) is 5.60 Å². The van der Waals surface area contributed by atoms with E-state index in [4.69, 9.17) is 0 Å². The number of aromatic nitrogens is 2. The highest BCUT2D eigenvalue weighted by molar-refractivity contribution is 7.15. The summed E-state index contributed by atoms with van der Waals surface area (Å²) >= 11 is 1.38. The van der Waals surface area contributed by atoms with Crippen molar-refractivity contribution in [2.75, 3.05) is 0 Å². The van der Waals surface area contributed by atoms with E-state index in [1.54, 1.807) is 43.7 Å². The molecule has 0 aliphatic carbocycles. The average molecular weight is 300 g/mol. The van der Waals surface area contributed by atoms with Crippen LogP contribution in [0.3, 0.4) is 0 Å². The molecule has 0 spiro atoms. The molecule has 0 bridgehead atoms. The largest absolute Gasteiger partial charge is 0.380 e. The zero-order valence-corrected chi connectivity index (χ0v) is 12.1. The lowest BCUT2D eigenvalue weighted by Crippen LogP contribution is -2.21. The van der Waals surface area contributed by atoms with E-state index in [-0.39, 0.29) is 5.82 Å². The predicted octanol–water partition coefficient (Wildman–Crippen LogP) is 3.60. The highest BCUT2D eigenvalue weighted by atomic mass is 32.1. The highest BCUT2D eigenvalue weighted by Gasteiger charge is 2.28. The molecule has 1 atom stereocenters. The zero-order chi connectivity index (χ0) is 14.9. The average Bonchev–Trinajstić information content (AvgIpc) is 2.99. The van der Waals surface area contributed by atoms with Crippen LogP contribution in [0.2, 0.25) is 0 Å². The van der Waals surface area contributed by atoms with Gasteiger partial charge in [0, 0.05) is 29.7 Å². The second-order valence-corrected chi connectivity index (χ2v) is 5.88. The monoisotopic (exact) mass is 300 g/mol. The van der Waals surface area contributed by atoms with Gasteiger partial charge in [-0.05, 0) is 37.3 Å². The molecule has 3 nitrogen and oxygen atoms in total. The number of hydrogen-bond acceptors (Lipinski definition) is 4. The maximum Gasteiger partial charge on any atom is 0.124 e. The summed E-state index contributed by atoms with van der Waals surface area (Å²) in [6.45, 7) is 1.71. The van der Waals surface area contributed by atoms with Gasteiger partial charge < -0.3 is 5.11 Å². The first-order chi connectivity index (χ1) is 10.1. The van der Waals surface area contributed by atoms with Crippen LogP contribution in [0.15, 0.2) is 55.0 Å². The molecule has 0 amide bonds. The van der Waals surface area contributed by atoms with Gasteiger partial charge in [-0.25, -0.2) is 9.37 Å². The summed E-state index contributed by atoms with van der Waals surface area (Å²) in [4.78, 5) is 9.07. The lowest BCUT2D eigenvalue weighted by molar-refractivity contribution is 0.106. The Morgan fingerprint density at radius 3 is 2.57 bits per heavy atom. The van der Waals surface area contributed by atoms with Gasteiger partial charge in [-0.2, -0.15) is 0 Å². The van der Waals surface area contributed by atoms with Crippen molar-refractivity contribution >= 4 is 11.3 Å². The van der Waals surface area contributed by atoms with E-state index in [0.717, 1.165) is 15.4 Å². The number of hydrogen-bond donors (Lipinski definition) is 1. The van der Waals surface area contributed by atoms with Crippen LogP contribution in [0.4, 0.5) is 4.39 Å². The molecule has 0 radical (unpaired) electrons. The molecule has 106 valence electrons. The smallest absolute Gasteiger partial charge is 0.124 e. The van der Waals surface area contributed by atoms with Gasteiger partial charge in [0.25, 0.3) is 0 Å². The molecule has 0 aliphatic heterocycles. The standard InChI is InChI=1S/C16H13FN2OS/c1-16(20,12-3-2-8-18-9-12)14-10-19-15(21-14)11-4-6-13(17)7-5-11/h2-10,20H,1H3. The van der Waals surface area contributed by atoms with Crippen molar-refractivity contribution in [1.29, 1.82) is 0 Å². The Morgan fingerprint density at radius 2 is 1.90 bits per heavy atom. The minimum absolute atomic E-state index is 0.280. The lowest BCUT2D eigenvalue weighted by Gasteiger charge is -2.21. The molecule has 2 heterocycles. The Labute approximate surface area is 125 Å². The maximum absolute atomic E-state index is 13.0. The van der Waals surface area contributed by atoms with Crippen LogP contribution >= 0.6 is 11.3 Å². The molecule has 1 N–H and O–H groups in total. The Balaban J connectivity index is 1.96. The number of halogens is 1. The molecule has 21 heavy (non-hydrogen) atoms. The quantitative estimate of drug-likeness (QED) is 0.804. The Kier molecular flexibility index (Phi) is 3.53. The summed E-state index contributed by atoms with van der Waals surface area (Å²) < 4.78 is 13.0. The number of benzene rings is 1. The SMILES string of the molecule is CC(O)(c1cccnc1)c1cnc(-c2ccc(F)cc2)s1. The number of rotatable bonds is 3. The van der Waals surface area contributed by atoms with Gasteiger partial charge >= 0.3 is 0 Å². The number of nitrogens with zero attached hydrogens (tertiary/aromatic N) is 2. The Bertz CT molecular complexity index is 738. The van der Waals surface area contributed by atoms with Gasteiger partial charge in [0.2, 0.25) is 0 Å². The van der Waals surface area contributed by atoms with Crippen molar-refractivity contribution in [3.8, 4) is 10.6 Å². The van der Waals surface area contributed by atoms with Crippen LogP contribution in [-0.4, -0.2) is 15.1 Å². The minimum atomic E-state index is -1.15. The summed E-state index contributed by atoms with van der Waals surface area (Å²) in [5.41, 5.74) is 0.387. The third-order valence-electron chi connectivity index (χ3n) is 3.30. The third kappa shape index (κ3) is 2.70. The van der Waals surface area contributed by atoms with Crippen molar-refractivity contribution in [3.63, 3.8) is 0 Å². The van der Waals surface area contributed by atoms with Gasteiger partial charge in [0.15, 0.2) is 0 Å². The first kappa shape index (κ1) is 13.9. The molecule has 0 saturated heterocycles. The van der Waals surface area contributed by atoms with Crippen LogP contribution in [0.5, 0.6) is 0 Å². The summed E-state index contributed by atoms with van der Waals surface area (Å²) in [5.74, 6) is -0.280. The van der Waals surface area contributed by atoms with Gasteiger partial charge in [0.1, 0.15) is 16.4 Å². The Morgan fingerprint density at radius 1 is 1.14 bits per heavy atom. The lowest BCUT2D eigenvalue weighted by atomic mass is 9.97. The Hall–Kier alpha value is -2.11. The van der Waals surface area contributed by atoms with Crippen LogP contribution in [0, 0.1) is 5.82 Å². The van der Waals surface area contributed by atoms with E-state index in [9.17, 15) is 9.50 Å². The fourth-order valence-corrected chi connectivity index (χ4v) is 3.01. The van der Waals surface area contributed by atoms with Gasteiger partial charge in [-0.1, -0.05) is 6.07 Å². The van der Waals surface area contributed by atoms with Crippen molar-refractivity contribution in [3.05, 3.63) is 71.2 Å². The summed E-state index contributed by atoms with van der Waals surface area (Å²) in [7, 11) is 0. The second-order valence-electron chi connectivity index (χ2n) is 4.85. The van der Waals surface area contributed by atoms with E-state index in [1.807, 2.05) is 6.07 Å². The van der Waals surface area contributed by atoms with E-state index in [2.05, 4.69) is 9.97 Å². The third-order valence-corrected chi connectivity index (χ3v) is 4.56. The minimum Gasteiger partial charge on any atom is -0.380 e. The molecule has 0 saturated carbocycles. The molecular formula is C16H13FN2OS. The van der Waals surface area contributed by atoms with Crippen molar-refractivity contribution in [2.45, 2.75) is 12.5 Å². The summed E-state index contributed by atoms with van der Waals surface area (Å²) in [6.07, 6.45) is 4.95. The maximum atomic E-state index is 13.0. The fraction of sp³-hybridized carbons (Fsp3) is 0.125. The van der Waals surface area contributed by atoms with E-state index in [0.29, 0.717) is 5.56 Å². The second kappa shape index (κ2) is 5.35. The normalized spacial score (nSPS) is 13.9. The highest BCUT2D eigenvalue weighted by Crippen LogP contribution is 2.35. The van der Waals surface area contributed by atoms with Crippen LogP contribution < -0.4 is 0 Å². The summed E-state index contributed by atoms with van der Waals surface area (Å²) in [6, 6.07) is 9.76. The number of thiazole rings is 1. The molecule has 1 unspecified atom stereocenters. The van der Waals surface area contributed by atoms with E-state index >= 15 is 0 Å². The van der Waals surface area contributed by atoms with E-state index in [1.165, 1.54) is 23.5 Å². The van der Waals surface area contributed by atoms with Crippen molar-refractivity contribution < 1.29 is 9.50 Å². The molecular weight excluding hydrogens is 287 g/mol. The number of aliphatic hydroxyl groups is 1. The van der Waals surface area contributed by atoms with Crippen molar-refractivity contribution in [2.24, 2.45) is 0 Å². The number of pyridine rings is 1. The first-order valence-corrected chi connectivity index (χ1v) is 7.24. The van der Waals surface area contributed by atoms with Gasteiger partial charge in [-0.15, -0.1) is 11.3 Å². The summed E-state index contributed by atoms with van der Waals surface area (Å²) in [5, 5.41) is 11.5. The zero-order valence-electron chi connectivity index (χ0n) is 11.3. The van der Waals surface area contributed by atoms with Crippen LogP contribution in [0.1, 0.15) is 17.4 Å². The first-order valence-electron chi connectivity index (χ1n) is 6.42. The molecule has 0 fully saturated rings. The van der Waals surface area contributed by atoms with Gasteiger partial charge in [0.05, 0.1) is 4.88 Å². The van der Waals surface area contributed by atoms with Gasteiger partial charge in [-0.3, -0.25) is 4.98 Å². The van der Waals surface area contributed by atoms with Crippen molar-refractivity contribution in [1.82, 2.24) is 9.97 Å². The van der Waals surface area contributed by atoms with Crippen LogP contribution in [0.25, 0.3) is 10.6 Å². The molecule has 0 aliphatic rings. The molecule has 3 rings (SSSR count). The molecule has 5 heteroatoms. The molecule has 2 aromatic heterocycles. The topological polar surface area (TPSA) is 46.0 Å². The molecule has 3 aromatic rings. The van der Waals surface area contributed by atoms with E-state index < -0.39 is 5.60 Å². The predicted molar refractivity (Wildman–Crippen MR) is 80.4 cm³/mol. The fourth-order valence-electron chi connectivity index (χ4n) is 2.02.